The first-order chi connectivity index (χ1) is 30.5. The molecular weight excluding hydrogens is 769 g/mol. The lowest BCUT2D eigenvalue weighted by molar-refractivity contribution is 0.267. The first kappa shape index (κ1) is 49.8. The lowest BCUT2D eigenvalue weighted by atomic mass is 10.0. The van der Waals surface area contributed by atoms with E-state index in [1.807, 2.05) is 24.3 Å². The molecule has 4 aromatic carbocycles. The van der Waals surface area contributed by atoms with Crippen molar-refractivity contribution in [3.63, 3.8) is 0 Å². The lowest BCUT2D eigenvalue weighted by Gasteiger charge is -2.15. The molecule has 0 aliphatic carbocycles. The monoisotopic (exact) mass is 847 g/mol. The molecule has 62 heavy (non-hydrogen) atoms. The van der Waals surface area contributed by atoms with E-state index in [0.29, 0.717) is 47.7 Å². The molecule has 0 aliphatic rings. The number of benzene rings is 4. The number of rotatable bonds is 33. The van der Waals surface area contributed by atoms with E-state index in [-0.39, 0.29) is 0 Å². The van der Waals surface area contributed by atoms with Crippen LogP contribution in [-0.4, -0.2) is 41.7 Å². The highest BCUT2D eigenvalue weighted by Gasteiger charge is 2.15. The Kier molecular flexibility index (Phi) is 24.3. The molecule has 0 N–H and O–H groups in total. The standard InChI is InChI=1S/C56H78O6/c1-7-9-11-13-15-17-19-21-23-25-39-61-55-51(57-3)41-47(42-52(55)58-4)29-27-45-31-35-49(36-32-45)50-37-33-46(34-38-50)28-30-48-43-53(59-5)56(54(44-48)60-6)62-40-26-24-22-20-18-16-14-12-10-8-2/h27-38,41-44H,7-26,39-40H2,1-6H3/b29-27+,30-28+. The van der Waals surface area contributed by atoms with Crippen LogP contribution in [0.2, 0.25) is 0 Å². The van der Waals surface area contributed by atoms with Gasteiger partial charge in [-0.1, -0.05) is 202 Å². The van der Waals surface area contributed by atoms with E-state index in [1.54, 1.807) is 28.4 Å². The first-order valence-corrected chi connectivity index (χ1v) is 23.9. The summed E-state index contributed by atoms with van der Waals surface area (Å²) < 4.78 is 35.4. The van der Waals surface area contributed by atoms with Gasteiger partial charge in [0.05, 0.1) is 41.7 Å². The lowest BCUT2D eigenvalue weighted by Crippen LogP contribution is -2.02. The fraction of sp³-hybridized carbons (Fsp3) is 0.500. The van der Waals surface area contributed by atoms with Crippen molar-refractivity contribution in [2.75, 3.05) is 41.7 Å². The van der Waals surface area contributed by atoms with Crippen LogP contribution in [0.5, 0.6) is 34.5 Å². The van der Waals surface area contributed by atoms with Crippen LogP contribution in [0.15, 0.2) is 72.8 Å². The number of hydrogen-bond acceptors (Lipinski definition) is 6. The second-order valence-corrected chi connectivity index (χ2v) is 16.5. The van der Waals surface area contributed by atoms with Crippen molar-refractivity contribution in [1.29, 1.82) is 0 Å². The van der Waals surface area contributed by atoms with Crippen molar-refractivity contribution in [2.24, 2.45) is 0 Å². The SMILES string of the molecule is CCCCCCCCCCCCOc1c(OC)cc(/C=C/c2ccc(-c3ccc(/C=C/c4cc(OC)c(OCCCCCCCCCCCC)c(OC)c4)cc3)cc2)cc1OC. The fourth-order valence-corrected chi connectivity index (χ4v) is 7.76. The maximum atomic E-state index is 6.20. The summed E-state index contributed by atoms with van der Waals surface area (Å²) in [5, 5.41) is 0. The zero-order chi connectivity index (χ0) is 44.0. The van der Waals surface area contributed by atoms with Crippen LogP contribution in [0.1, 0.15) is 165 Å². The van der Waals surface area contributed by atoms with Crippen molar-refractivity contribution < 1.29 is 28.4 Å². The van der Waals surface area contributed by atoms with Gasteiger partial charge in [0.15, 0.2) is 23.0 Å². The van der Waals surface area contributed by atoms with Gasteiger partial charge in [-0.3, -0.25) is 0 Å². The van der Waals surface area contributed by atoms with Gasteiger partial charge >= 0.3 is 0 Å². The highest BCUT2D eigenvalue weighted by molar-refractivity contribution is 5.76. The molecule has 338 valence electrons. The van der Waals surface area contributed by atoms with Crippen LogP contribution in [0.25, 0.3) is 35.4 Å². The Morgan fingerprint density at radius 1 is 0.323 bits per heavy atom. The van der Waals surface area contributed by atoms with Crippen molar-refractivity contribution in [1.82, 2.24) is 0 Å². The van der Waals surface area contributed by atoms with Crippen LogP contribution in [0.3, 0.4) is 0 Å². The summed E-state index contributed by atoms with van der Waals surface area (Å²) in [7, 11) is 6.72. The normalized spacial score (nSPS) is 11.4. The Morgan fingerprint density at radius 2 is 0.581 bits per heavy atom. The topological polar surface area (TPSA) is 55.4 Å². The highest BCUT2D eigenvalue weighted by Crippen LogP contribution is 2.40. The predicted octanol–water partition coefficient (Wildman–Crippen LogP) is 16.3. The minimum Gasteiger partial charge on any atom is -0.493 e. The van der Waals surface area contributed by atoms with Gasteiger partial charge in [0, 0.05) is 0 Å². The minimum atomic E-state index is 0.652. The van der Waals surface area contributed by atoms with Gasteiger partial charge in [0.2, 0.25) is 11.5 Å². The van der Waals surface area contributed by atoms with Crippen molar-refractivity contribution in [3.8, 4) is 45.6 Å². The Hall–Kier alpha value is -4.84. The molecule has 6 heteroatoms. The van der Waals surface area contributed by atoms with Gasteiger partial charge in [-0.25, -0.2) is 0 Å². The van der Waals surface area contributed by atoms with Gasteiger partial charge in [-0.05, 0) is 70.5 Å². The summed E-state index contributed by atoms with van der Waals surface area (Å²) in [5.74, 6) is 4.07. The maximum absolute atomic E-state index is 6.20. The molecule has 0 atom stereocenters. The van der Waals surface area contributed by atoms with E-state index >= 15 is 0 Å². The summed E-state index contributed by atoms with van der Waals surface area (Å²) in [6.45, 7) is 5.85. The molecule has 0 spiro atoms. The molecular formula is C56H78O6. The van der Waals surface area contributed by atoms with Crippen LogP contribution in [0.4, 0.5) is 0 Å². The first-order valence-electron chi connectivity index (χ1n) is 23.9. The van der Waals surface area contributed by atoms with E-state index in [2.05, 4.69) is 86.7 Å². The number of methoxy groups -OCH3 is 4. The van der Waals surface area contributed by atoms with E-state index in [1.165, 1.54) is 116 Å². The fourth-order valence-electron chi connectivity index (χ4n) is 7.76. The van der Waals surface area contributed by atoms with Crippen molar-refractivity contribution in [3.05, 3.63) is 95.1 Å². The Balaban J connectivity index is 1.25. The molecule has 0 bridgehead atoms. The van der Waals surface area contributed by atoms with E-state index in [9.17, 15) is 0 Å². The van der Waals surface area contributed by atoms with Gasteiger partial charge in [0.1, 0.15) is 0 Å². The number of unbranched alkanes of at least 4 members (excludes halogenated alkanes) is 18. The Labute approximate surface area is 376 Å². The Bertz CT molecular complexity index is 1670. The van der Waals surface area contributed by atoms with Crippen molar-refractivity contribution >= 4 is 24.3 Å². The summed E-state index contributed by atoms with van der Waals surface area (Å²) in [6, 6.07) is 25.2. The quantitative estimate of drug-likeness (QED) is 0.0352. The van der Waals surface area contributed by atoms with Gasteiger partial charge in [-0.15, -0.1) is 0 Å². The van der Waals surface area contributed by atoms with Gasteiger partial charge < -0.3 is 28.4 Å². The zero-order valence-electron chi connectivity index (χ0n) is 39.2. The number of hydrogen-bond donors (Lipinski definition) is 0. The van der Waals surface area contributed by atoms with E-state index < -0.39 is 0 Å². The average molecular weight is 847 g/mol. The predicted molar refractivity (Wildman–Crippen MR) is 264 cm³/mol. The molecule has 0 unspecified atom stereocenters. The third kappa shape index (κ3) is 17.9. The van der Waals surface area contributed by atoms with E-state index in [0.717, 1.165) is 46.2 Å². The molecule has 0 aliphatic heterocycles. The van der Waals surface area contributed by atoms with Crippen LogP contribution < -0.4 is 28.4 Å². The van der Waals surface area contributed by atoms with Crippen LogP contribution >= 0.6 is 0 Å². The maximum Gasteiger partial charge on any atom is 0.203 e. The molecule has 4 rings (SSSR count). The summed E-state index contributed by atoms with van der Waals surface area (Å²) in [6.07, 6.45) is 34.3. The number of ether oxygens (including phenoxy) is 6. The smallest absolute Gasteiger partial charge is 0.203 e. The third-order valence-electron chi connectivity index (χ3n) is 11.5. The molecule has 4 aromatic rings. The third-order valence-corrected chi connectivity index (χ3v) is 11.5. The highest BCUT2D eigenvalue weighted by atomic mass is 16.5. The second kappa shape index (κ2) is 30.2. The Morgan fingerprint density at radius 3 is 0.855 bits per heavy atom. The molecule has 0 saturated carbocycles. The summed E-state index contributed by atoms with van der Waals surface area (Å²) in [4.78, 5) is 0. The summed E-state index contributed by atoms with van der Waals surface area (Å²) in [5.41, 5.74) is 6.50. The zero-order valence-corrected chi connectivity index (χ0v) is 39.2. The molecule has 6 nitrogen and oxygen atoms in total. The molecule has 0 amide bonds. The minimum absolute atomic E-state index is 0.652. The van der Waals surface area contributed by atoms with Crippen LogP contribution in [-0.2, 0) is 0 Å². The molecule has 0 radical (unpaired) electrons. The van der Waals surface area contributed by atoms with Crippen LogP contribution in [0, 0.1) is 0 Å². The molecule has 0 heterocycles. The van der Waals surface area contributed by atoms with Crippen molar-refractivity contribution in [2.45, 2.75) is 142 Å². The second-order valence-electron chi connectivity index (χ2n) is 16.5. The molecule has 0 fully saturated rings. The largest absolute Gasteiger partial charge is 0.493 e. The van der Waals surface area contributed by atoms with E-state index in [4.69, 9.17) is 28.4 Å². The van der Waals surface area contributed by atoms with Gasteiger partial charge in [-0.2, -0.15) is 0 Å². The average Bonchev–Trinajstić information content (AvgIpc) is 3.31. The molecule has 0 aromatic heterocycles. The molecule has 0 saturated heterocycles. The van der Waals surface area contributed by atoms with Gasteiger partial charge in [0.25, 0.3) is 0 Å². The summed E-state index contributed by atoms with van der Waals surface area (Å²) >= 11 is 0.